The van der Waals surface area contributed by atoms with Gasteiger partial charge in [0.1, 0.15) is 0 Å². The van der Waals surface area contributed by atoms with Gasteiger partial charge in [-0.1, -0.05) is 23.9 Å². The van der Waals surface area contributed by atoms with Crippen molar-refractivity contribution in [3.8, 4) is 17.5 Å². The van der Waals surface area contributed by atoms with Gasteiger partial charge in [0.2, 0.25) is 5.89 Å². The molecule has 0 aliphatic rings. The molecule has 0 amide bonds. The van der Waals surface area contributed by atoms with Gasteiger partial charge in [-0.05, 0) is 28.1 Å². The Morgan fingerprint density at radius 2 is 2.18 bits per heavy atom. The molecule has 0 N–H and O–H groups in total. The summed E-state index contributed by atoms with van der Waals surface area (Å²) < 4.78 is 6.41. The molecule has 1 aromatic heterocycles. The second-order valence-electron chi connectivity index (χ2n) is 3.11. The molecule has 2 aromatic rings. The van der Waals surface area contributed by atoms with Crippen LogP contribution >= 0.6 is 27.7 Å². The van der Waals surface area contributed by atoms with Crippen molar-refractivity contribution in [2.45, 2.75) is 11.6 Å². The van der Waals surface area contributed by atoms with E-state index < -0.39 is 0 Å². The molecule has 0 spiro atoms. The lowest BCUT2D eigenvalue weighted by atomic mass is 10.2. The van der Waals surface area contributed by atoms with E-state index in [1.54, 1.807) is 0 Å². The van der Waals surface area contributed by atoms with Crippen LogP contribution in [0.15, 0.2) is 38.4 Å². The molecule has 0 saturated carbocycles. The van der Waals surface area contributed by atoms with Gasteiger partial charge in [0.25, 0.3) is 5.22 Å². The molecule has 17 heavy (non-hydrogen) atoms. The molecule has 0 unspecified atom stereocenters. The first-order valence-electron chi connectivity index (χ1n) is 4.89. The van der Waals surface area contributed by atoms with Crippen molar-refractivity contribution in [3.05, 3.63) is 28.7 Å². The predicted octanol–water partition coefficient (Wildman–Crippen LogP) is 3.50. The molecule has 0 fully saturated rings. The van der Waals surface area contributed by atoms with E-state index in [-0.39, 0.29) is 0 Å². The minimum Gasteiger partial charge on any atom is -0.411 e. The molecular weight excluding hydrogens is 302 g/mol. The molecule has 0 atom stereocenters. The van der Waals surface area contributed by atoms with Gasteiger partial charge in [0.05, 0.1) is 11.6 Å². The second-order valence-corrected chi connectivity index (χ2v) is 5.01. The van der Waals surface area contributed by atoms with Crippen LogP contribution in [0.3, 0.4) is 0 Å². The Morgan fingerprint density at radius 3 is 2.94 bits per heavy atom. The summed E-state index contributed by atoms with van der Waals surface area (Å²) in [6, 6.07) is 9.72. The summed E-state index contributed by atoms with van der Waals surface area (Å²) in [6.07, 6.45) is 0.470. The number of halogens is 1. The SMILES string of the molecule is N#CCCSc1nnc(-c2ccccc2Br)o1. The Hall–Kier alpha value is -1.32. The van der Waals surface area contributed by atoms with Crippen LogP contribution in [0, 0.1) is 11.3 Å². The summed E-state index contributed by atoms with van der Waals surface area (Å²) in [5.74, 6) is 1.14. The number of benzene rings is 1. The number of nitrogens with zero attached hydrogens (tertiary/aromatic N) is 3. The standard InChI is InChI=1S/C11H8BrN3OS/c12-9-5-2-1-4-8(9)10-14-15-11(16-10)17-7-3-6-13/h1-2,4-5H,3,7H2. The summed E-state index contributed by atoms with van der Waals surface area (Å²) in [7, 11) is 0. The van der Waals surface area contributed by atoms with E-state index in [9.17, 15) is 0 Å². The van der Waals surface area contributed by atoms with Crippen molar-refractivity contribution in [3.63, 3.8) is 0 Å². The molecular formula is C11H8BrN3OS. The van der Waals surface area contributed by atoms with Crippen molar-refractivity contribution in [1.29, 1.82) is 5.26 Å². The molecule has 4 nitrogen and oxygen atoms in total. The number of thioether (sulfide) groups is 1. The van der Waals surface area contributed by atoms with Crippen LogP contribution in [0.2, 0.25) is 0 Å². The largest absolute Gasteiger partial charge is 0.411 e. The van der Waals surface area contributed by atoms with Gasteiger partial charge in [-0.2, -0.15) is 5.26 Å². The van der Waals surface area contributed by atoms with Crippen LogP contribution in [0.1, 0.15) is 6.42 Å². The summed E-state index contributed by atoms with van der Waals surface area (Å²) in [6.45, 7) is 0. The van der Waals surface area contributed by atoms with Crippen molar-refractivity contribution in [1.82, 2.24) is 10.2 Å². The maximum Gasteiger partial charge on any atom is 0.276 e. The third kappa shape index (κ3) is 3.08. The van der Waals surface area contributed by atoms with Gasteiger partial charge in [-0.25, -0.2) is 0 Å². The van der Waals surface area contributed by atoms with Crippen LogP contribution in [-0.2, 0) is 0 Å². The highest BCUT2D eigenvalue weighted by atomic mass is 79.9. The van der Waals surface area contributed by atoms with Crippen LogP contribution in [-0.4, -0.2) is 16.0 Å². The van der Waals surface area contributed by atoms with Crippen LogP contribution in [0.4, 0.5) is 0 Å². The third-order valence-corrected chi connectivity index (χ3v) is 3.46. The number of rotatable bonds is 4. The minimum atomic E-state index is 0.470. The lowest BCUT2D eigenvalue weighted by molar-refractivity contribution is 0.466. The summed E-state index contributed by atoms with van der Waals surface area (Å²) >= 11 is 4.82. The van der Waals surface area contributed by atoms with Gasteiger partial charge in [0, 0.05) is 16.6 Å². The average Bonchev–Trinajstić information content (AvgIpc) is 2.79. The first kappa shape index (κ1) is 12.1. The molecule has 0 bridgehead atoms. The first-order valence-corrected chi connectivity index (χ1v) is 6.67. The minimum absolute atomic E-state index is 0.470. The molecule has 2 rings (SSSR count). The predicted molar refractivity (Wildman–Crippen MR) is 68.4 cm³/mol. The molecule has 0 aliphatic carbocycles. The number of nitriles is 1. The topological polar surface area (TPSA) is 62.7 Å². The summed E-state index contributed by atoms with van der Waals surface area (Å²) in [5, 5.41) is 16.8. The van der Waals surface area contributed by atoms with Crippen molar-refractivity contribution < 1.29 is 4.42 Å². The highest BCUT2D eigenvalue weighted by Gasteiger charge is 2.11. The third-order valence-electron chi connectivity index (χ3n) is 1.95. The lowest BCUT2D eigenvalue weighted by Gasteiger charge is -1.96. The zero-order valence-corrected chi connectivity index (χ0v) is 11.2. The quantitative estimate of drug-likeness (QED) is 0.639. The fourth-order valence-electron chi connectivity index (χ4n) is 1.20. The van der Waals surface area contributed by atoms with Gasteiger partial charge in [-0.15, -0.1) is 10.2 Å². The molecule has 0 radical (unpaired) electrons. The Bertz CT molecular complexity index is 550. The maximum atomic E-state index is 8.43. The van der Waals surface area contributed by atoms with E-state index in [4.69, 9.17) is 9.68 Å². The number of hydrogen-bond donors (Lipinski definition) is 0. The van der Waals surface area contributed by atoms with Gasteiger partial charge < -0.3 is 4.42 Å². The summed E-state index contributed by atoms with van der Waals surface area (Å²) in [4.78, 5) is 0. The molecule has 0 saturated heterocycles. The molecule has 1 aromatic carbocycles. The zero-order valence-electron chi connectivity index (χ0n) is 8.76. The van der Waals surface area contributed by atoms with Crippen LogP contribution in [0.25, 0.3) is 11.5 Å². The first-order chi connectivity index (χ1) is 8.31. The fourth-order valence-corrected chi connectivity index (χ4v) is 2.25. The molecule has 6 heteroatoms. The van der Waals surface area contributed by atoms with Crippen molar-refractivity contribution >= 4 is 27.7 Å². The Kier molecular flexibility index (Phi) is 4.18. The van der Waals surface area contributed by atoms with E-state index in [2.05, 4.69) is 32.2 Å². The van der Waals surface area contributed by atoms with Gasteiger partial charge in [-0.3, -0.25) is 0 Å². The highest BCUT2D eigenvalue weighted by molar-refractivity contribution is 9.10. The van der Waals surface area contributed by atoms with E-state index >= 15 is 0 Å². The van der Waals surface area contributed by atoms with E-state index in [1.807, 2.05) is 24.3 Å². The Labute approximate surface area is 111 Å². The van der Waals surface area contributed by atoms with Crippen molar-refractivity contribution in [2.75, 3.05) is 5.75 Å². The molecule has 86 valence electrons. The van der Waals surface area contributed by atoms with Gasteiger partial charge in [0.15, 0.2) is 0 Å². The fraction of sp³-hybridized carbons (Fsp3) is 0.182. The maximum absolute atomic E-state index is 8.43. The van der Waals surface area contributed by atoms with Gasteiger partial charge >= 0.3 is 0 Å². The Balaban J connectivity index is 2.14. The average molecular weight is 310 g/mol. The number of aromatic nitrogens is 2. The van der Waals surface area contributed by atoms with E-state index in [0.717, 1.165) is 10.0 Å². The van der Waals surface area contributed by atoms with E-state index in [1.165, 1.54) is 11.8 Å². The number of hydrogen-bond acceptors (Lipinski definition) is 5. The normalized spacial score (nSPS) is 10.1. The van der Waals surface area contributed by atoms with Crippen LogP contribution < -0.4 is 0 Å². The molecule has 0 aliphatic heterocycles. The van der Waals surface area contributed by atoms with Crippen molar-refractivity contribution in [2.24, 2.45) is 0 Å². The summed E-state index contributed by atoms with van der Waals surface area (Å²) in [5.41, 5.74) is 0.868. The lowest BCUT2D eigenvalue weighted by Crippen LogP contribution is -1.78. The zero-order chi connectivity index (χ0) is 12.1. The van der Waals surface area contributed by atoms with E-state index in [0.29, 0.717) is 23.3 Å². The monoisotopic (exact) mass is 309 g/mol. The second kappa shape index (κ2) is 5.84. The Morgan fingerprint density at radius 1 is 1.35 bits per heavy atom. The highest BCUT2D eigenvalue weighted by Crippen LogP contribution is 2.28. The van der Waals surface area contributed by atoms with Crippen LogP contribution in [0.5, 0.6) is 0 Å². The molecule has 1 heterocycles. The smallest absolute Gasteiger partial charge is 0.276 e.